The summed E-state index contributed by atoms with van der Waals surface area (Å²) in [4.78, 5) is 14.2. The van der Waals surface area contributed by atoms with Crippen LogP contribution in [-0.4, -0.2) is 54.0 Å². The summed E-state index contributed by atoms with van der Waals surface area (Å²) in [7, 11) is 0. The van der Waals surface area contributed by atoms with Gasteiger partial charge in [0.05, 0.1) is 12.2 Å². The predicted octanol–water partition coefficient (Wildman–Crippen LogP) is 2.67. The van der Waals surface area contributed by atoms with E-state index in [4.69, 9.17) is 9.84 Å². The Bertz CT molecular complexity index is 337. The average molecular weight is 312 g/mol. The number of hydrogen-bond acceptors (Lipinski definition) is 3. The monoisotopic (exact) mass is 312 g/mol. The van der Waals surface area contributed by atoms with Crippen LogP contribution in [0.4, 0.5) is 4.79 Å². The van der Waals surface area contributed by atoms with Gasteiger partial charge in [-0.2, -0.15) is 0 Å². The van der Waals surface area contributed by atoms with Gasteiger partial charge < -0.3 is 20.1 Å². The van der Waals surface area contributed by atoms with Gasteiger partial charge in [0.15, 0.2) is 0 Å². The van der Waals surface area contributed by atoms with Gasteiger partial charge in [-0.05, 0) is 32.1 Å². The minimum atomic E-state index is -0.0274. The molecular formula is C17H32N2O3. The van der Waals surface area contributed by atoms with Gasteiger partial charge >= 0.3 is 6.03 Å². The van der Waals surface area contributed by atoms with Gasteiger partial charge in [-0.25, -0.2) is 4.79 Å². The Labute approximate surface area is 134 Å². The molecule has 1 aliphatic carbocycles. The molecule has 0 aromatic carbocycles. The zero-order chi connectivity index (χ0) is 15.8. The molecule has 0 aromatic rings. The number of aliphatic hydroxyl groups excluding tert-OH is 1. The highest BCUT2D eigenvalue weighted by molar-refractivity contribution is 5.74. The molecule has 0 aromatic heterocycles. The Hall–Kier alpha value is -0.810. The highest BCUT2D eigenvalue weighted by Gasteiger charge is 2.39. The van der Waals surface area contributed by atoms with Crippen molar-refractivity contribution in [3.05, 3.63) is 0 Å². The third-order valence-electron chi connectivity index (χ3n) is 5.02. The molecule has 128 valence electrons. The van der Waals surface area contributed by atoms with E-state index in [1.807, 2.05) is 0 Å². The van der Waals surface area contributed by atoms with Crippen LogP contribution in [0.15, 0.2) is 0 Å². The van der Waals surface area contributed by atoms with Crippen molar-refractivity contribution in [3.63, 3.8) is 0 Å². The standard InChI is InChI=1S/C17H32N2O3/c1-2-3-10-19(11-12-20)16(21)18-15-7-13-22-17(14-15)8-5-4-6-9-17/h15,20H,2-14H2,1H3,(H,18,21). The average Bonchev–Trinajstić information content (AvgIpc) is 2.52. The van der Waals surface area contributed by atoms with Gasteiger partial charge in [-0.1, -0.05) is 32.6 Å². The summed E-state index contributed by atoms with van der Waals surface area (Å²) in [5, 5.41) is 12.3. The number of rotatable bonds is 6. The molecule has 1 spiro atoms. The number of urea groups is 1. The second-order valence-electron chi connectivity index (χ2n) is 6.80. The first-order valence-corrected chi connectivity index (χ1v) is 8.99. The topological polar surface area (TPSA) is 61.8 Å². The van der Waals surface area contributed by atoms with Gasteiger partial charge in [0.2, 0.25) is 0 Å². The smallest absolute Gasteiger partial charge is 0.317 e. The predicted molar refractivity (Wildman–Crippen MR) is 86.9 cm³/mol. The fourth-order valence-corrected chi connectivity index (χ4v) is 3.75. The molecule has 0 radical (unpaired) electrons. The molecule has 2 fully saturated rings. The fourth-order valence-electron chi connectivity index (χ4n) is 3.75. The third-order valence-corrected chi connectivity index (χ3v) is 5.02. The van der Waals surface area contributed by atoms with Crippen molar-refractivity contribution >= 4 is 6.03 Å². The Morgan fingerprint density at radius 1 is 1.32 bits per heavy atom. The van der Waals surface area contributed by atoms with Crippen LogP contribution < -0.4 is 5.32 Å². The Morgan fingerprint density at radius 3 is 2.77 bits per heavy atom. The summed E-state index contributed by atoms with van der Waals surface area (Å²) in [5.41, 5.74) is 0.0136. The molecule has 2 N–H and O–H groups in total. The van der Waals surface area contributed by atoms with Crippen molar-refractivity contribution in [2.75, 3.05) is 26.3 Å². The maximum Gasteiger partial charge on any atom is 0.317 e. The summed E-state index contributed by atoms with van der Waals surface area (Å²) in [5.74, 6) is 0. The van der Waals surface area contributed by atoms with Gasteiger partial charge in [0, 0.05) is 25.7 Å². The molecule has 2 amide bonds. The summed E-state index contributed by atoms with van der Waals surface area (Å²) in [6.45, 7) is 4.02. The number of aliphatic hydroxyl groups is 1. The summed E-state index contributed by atoms with van der Waals surface area (Å²) in [6, 6.07) is 0.183. The zero-order valence-corrected chi connectivity index (χ0v) is 14.0. The minimum Gasteiger partial charge on any atom is -0.395 e. The molecule has 1 saturated carbocycles. The quantitative estimate of drug-likeness (QED) is 0.792. The third kappa shape index (κ3) is 4.85. The number of nitrogens with one attached hydrogen (secondary N) is 1. The number of hydrogen-bond donors (Lipinski definition) is 2. The van der Waals surface area contributed by atoms with Crippen molar-refractivity contribution in [1.82, 2.24) is 10.2 Å². The second-order valence-corrected chi connectivity index (χ2v) is 6.80. The van der Waals surface area contributed by atoms with Crippen molar-refractivity contribution < 1.29 is 14.6 Å². The van der Waals surface area contributed by atoms with Crippen LogP contribution in [-0.2, 0) is 4.74 Å². The molecule has 2 aliphatic rings. The summed E-state index contributed by atoms with van der Waals surface area (Å²) < 4.78 is 6.09. The van der Waals surface area contributed by atoms with E-state index in [-0.39, 0.29) is 24.3 Å². The highest BCUT2D eigenvalue weighted by Crippen LogP contribution is 2.38. The number of unbranched alkanes of at least 4 members (excludes halogenated alkanes) is 1. The molecule has 1 atom stereocenters. The van der Waals surface area contributed by atoms with Gasteiger partial charge in [0.25, 0.3) is 0 Å². The van der Waals surface area contributed by atoms with Crippen molar-refractivity contribution in [2.45, 2.75) is 76.4 Å². The summed E-state index contributed by atoms with van der Waals surface area (Å²) in [6.07, 6.45) is 9.94. The van der Waals surface area contributed by atoms with Crippen molar-refractivity contribution in [1.29, 1.82) is 0 Å². The van der Waals surface area contributed by atoms with E-state index in [2.05, 4.69) is 12.2 Å². The number of nitrogens with zero attached hydrogens (tertiary/aromatic N) is 1. The lowest BCUT2D eigenvalue weighted by Gasteiger charge is -2.44. The van der Waals surface area contributed by atoms with E-state index in [0.717, 1.165) is 51.7 Å². The fraction of sp³-hybridized carbons (Fsp3) is 0.941. The lowest BCUT2D eigenvalue weighted by atomic mass is 9.78. The van der Waals surface area contributed by atoms with E-state index in [0.29, 0.717) is 6.54 Å². The lowest BCUT2D eigenvalue weighted by Crippen LogP contribution is -2.52. The molecule has 1 aliphatic heterocycles. The van der Waals surface area contributed by atoms with Gasteiger partial charge in [-0.15, -0.1) is 0 Å². The Morgan fingerprint density at radius 2 is 2.09 bits per heavy atom. The molecule has 0 bridgehead atoms. The Balaban J connectivity index is 1.86. The maximum atomic E-state index is 12.4. The molecule has 5 nitrogen and oxygen atoms in total. The van der Waals surface area contributed by atoms with Crippen LogP contribution in [0, 0.1) is 0 Å². The molecule has 2 rings (SSSR count). The normalized spacial score (nSPS) is 24.2. The van der Waals surface area contributed by atoms with Crippen LogP contribution in [0.3, 0.4) is 0 Å². The largest absolute Gasteiger partial charge is 0.395 e. The Kier molecular flexibility index (Phi) is 6.96. The maximum absolute atomic E-state index is 12.4. The first-order valence-electron chi connectivity index (χ1n) is 8.99. The van der Waals surface area contributed by atoms with E-state index in [1.54, 1.807) is 4.90 Å². The van der Waals surface area contributed by atoms with Gasteiger partial charge in [-0.3, -0.25) is 0 Å². The number of carbonyl (C=O) groups excluding carboxylic acids is 1. The molecule has 1 heterocycles. The van der Waals surface area contributed by atoms with Crippen LogP contribution in [0.1, 0.15) is 64.7 Å². The van der Waals surface area contributed by atoms with Gasteiger partial charge in [0.1, 0.15) is 0 Å². The van der Waals surface area contributed by atoms with E-state index in [1.165, 1.54) is 19.3 Å². The lowest BCUT2D eigenvalue weighted by molar-refractivity contribution is -0.108. The first-order chi connectivity index (χ1) is 10.7. The minimum absolute atomic E-state index is 0.0136. The molecule has 1 saturated heterocycles. The molecule has 22 heavy (non-hydrogen) atoms. The van der Waals surface area contributed by atoms with E-state index >= 15 is 0 Å². The molecular weight excluding hydrogens is 280 g/mol. The molecule has 5 heteroatoms. The number of carbonyl (C=O) groups is 1. The van der Waals surface area contributed by atoms with Crippen LogP contribution in [0.25, 0.3) is 0 Å². The highest BCUT2D eigenvalue weighted by atomic mass is 16.5. The SMILES string of the molecule is CCCCN(CCO)C(=O)NC1CCOC2(CCCCC2)C1. The van der Waals surface area contributed by atoms with Crippen LogP contribution in [0.2, 0.25) is 0 Å². The van der Waals surface area contributed by atoms with Crippen molar-refractivity contribution in [2.24, 2.45) is 0 Å². The molecule has 1 unspecified atom stereocenters. The zero-order valence-electron chi connectivity index (χ0n) is 14.0. The van der Waals surface area contributed by atoms with E-state index < -0.39 is 0 Å². The van der Waals surface area contributed by atoms with Crippen molar-refractivity contribution in [3.8, 4) is 0 Å². The van der Waals surface area contributed by atoms with Crippen LogP contribution >= 0.6 is 0 Å². The van der Waals surface area contributed by atoms with Crippen LogP contribution in [0.5, 0.6) is 0 Å². The second kappa shape index (κ2) is 8.73. The number of amides is 2. The number of ether oxygens (including phenoxy) is 1. The summed E-state index contributed by atoms with van der Waals surface area (Å²) >= 11 is 0. The first kappa shape index (κ1) is 17.5. The van der Waals surface area contributed by atoms with E-state index in [9.17, 15) is 4.79 Å².